The Bertz CT molecular complexity index is 927. The van der Waals surface area contributed by atoms with E-state index in [1.54, 1.807) is 12.1 Å². The number of fused-ring (bicyclic) bond motifs is 1. The summed E-state index contributed by atoms with van der Waals surface area (Å²) in [6.07, 6.45) is 2.34. The van der Waals surface area contributed by atoms with Gasteiger partial charge in [0.25, 0.3) is 0 Å². The first-order valence-electron chi connectivity index (χ1n) is 8.10. The fourth-order valence-electron chi connectivity index (χ4n) is 2.59. The molecule has 0 fully saturated rings. The number of anilines is 1. The maximum atomic E-state index is 12.3. The van der Waals surface area contributed by atoms with Crippen molar-refractivity contribution < 1.29 is 9.21 Å². The normalized spacial score (nSPS) is 10.7. The molecule has 1 heterocycles. The molecule has 1 amide bonds. The van der Waals surface area contributed by atoms with Crippen LogP contribution in [-0.2, 0) is 4.79 Å². The number of hydrogen-bond donors (Lipinski definition) is 1. The molecule has 2 aromatic carbocycles. The van der Waals surface area contributed by atoms with Gasteiger partial charge in [-0.2, -0.15) is 0 Å². The summed E-state index contributed by atoms with van der Waals surface area (Å²) < 4.78 is 5.38. The number of unbranched alkanes of at least 4 members (excludes halogenated alkanes) is 1. The Labute approximate surface area is 140 Å². The third kappa shape index (κ3) is 3.54. The molecule has 0 aliphatic carbocycles. The van der Waals surface area contributed by atoms with Gasteiger partial charge in [-0.15, -0.1) is 0 Å². The highest BCUT2D eigenvalue weighted by atomic mass is 16.4. The number of carbonyl (C=O) groups excluding carboxylic acids is 1. The van der Waals surface area contributed by atoms with Gasteiger partial charge in [0.1, 0.15) is 5.58 Å². The molecule has 0 unspecified atom stereocenters. The van der Waals surface area contributed by atoms with Crippen LogP contribution < -0.4 is 10.9 Å². The van der Waals surface area contributed by atoms with Crippen LogP contribution in [0, 0.1) is 0 Å². The number of amides is 1. The highest BCUT2D eigenvalue weighted by Gasteiger charge is 2.09. The molecule has 0 spiro atoms. The van der Waals surface area contributed by atoms with Crippen LogP contribution in [0.4, 0.5) is 5.69 Å². The van der Waals surface area contributed by atoms with E-state index in [2.05, 4.69) is 5.32 Å². The number of carbonyl (C=O) groups is 1. The molecule has 0 radical (unpaired) electrons. The van der Waals surface area contributed by atoms with Gasteiger partial charge >= 0.3 is 5.63 Å². The van der Waals surface area contributed by atoms with E-state index in [0.717, 1.165) is 23.8 Å². The van der Waals surface area contributed by atoms with E-state index in [1.165, 1.54) is 0 Å². The summed E-state index contributed by atoms with van der Waals surface area (Å²) in [5.41, 5.74) is 2.07. The number of hydrogen-bond acceptors (Lipinski definition) is 3. The molecule has 1 aromatic heterocycles. The minimum absolute atomic E-state index is 0.0143. The van der Waals surface area contributed by atoms with Crippen molar-refractivity contribution in [3.8, 4) is 11.1 Å². The number of nitrogens with one attached hydrogen (secondary N) is 1. The van der Waals surface area contributed by atoms with Crippen LogP contribution in [0.25, 0.3) is 22.1 Å². The molecule has 0 saturated heterocycles. The van der Waals surface area contributed by atoms with Crippen molar-refractivity contribution in [2.24, 2.45) is 0 Å². The Hall–Kier alpha value is -2.88. The molecule has 3 rings (SSSR count). The van der Waals surface area contributed by atoms with E-state index in [4.69, 9.17) is 4.42 Å². The molecule has 4 heteroatoms. The van der Waals surface area contributed by atoms with Crippen LogP contribution in [-0.4, -0.2) is 5.91 Å². The summed E-state index contributed by atoms with van der Waals surface area (Å²) in [5.74, 6) is -0.0143. The number of rotatable bonds is 5. The third-order valence-corrected chi connectivity index (χ3v) is 3.86. The van der Waals surface area contributed by atoms with E-state index in [0.29, 0.717) is 23.3 Å². The molecule has 0 aliphatic heterocycles. The van der Waals surface area contributed by atoms with Crippen LogP contribution in [0.1, 0.15) is 26.2 Å². The number of para-hydroxylation sites is 1. The van der Waals surface area contributed by atoms with Gasteiger partial charge in [0.2, 0.25) is 5.91 Å². The molecular formula is C20H19NO3. The lowest BCUT2D eigenvalue weighted by Crippen LogP contribution is -2.11. The highest BCUT2D eigenvalue weighted by molar-refractivity contribution is 5.91. The van der Waals surface area contributed by atoms with Gasteiger partial charge in [0.05, 0.1) is 5.56 Å². The van der Waals surface area contributed by atoms with Gasteiger partial charge < -0.3 is 9.73 Å². The lowest BCUT2D eigenvalue weighted by atomic mass is 10.1. The monoisotopic (exact) mass is 321 g/mol. The van der Waals surface area contributed by atoms with Crippen molar-refractivity contribution in [1.82, 2.24) is 0 Å². The van der Waals surface area contributed by atoms with Crippen LogP contribution >= 0.6 is 0 Å². The van der Waals surface area contributed by atoms with Crippen molar-refractivity contribution in [3.05, 3.63) is 65.0 Å². The van der Waals surface area contributed by atoms with Gasteiger partial charge in [-0.05, 0) is 36.2 Å². The van der Waals surface area contributed by atoms with Crippen LogP contribution in [0.3, 0.4) is 0 Å². The zero-order valence-electron chi connectivity index (χ0n) is 13.5. The van der Waals surface area contributed by atoms with Crippen molar-refractivity contribution in [3.63, 3.8) is 0 Å². The maximum Gasteiger partial charge on any atom is 0.344 e. The van der Waals surface area contributed by atoms with Crippen molar-refractivity contribution >= 4 is 22.6 Å². The first-order chi connectivity index (χ1) is 11.7. The largest absolute Gasteiger partial charge is 0.422 e. The summed E-state index contributed by atoms with van der Waals surface area (Å²) in [6.45, 7) is 2.05. The number of benzene rings is 2. The van der Waals surface area contributed by atoms with Crippen LogP contribution in [0.5, 0.6) is 0 Å². The molecule has 0 aliphatic rings. The summed E-state index contributed by atoms with van der Waals surface area (Å²) in [7, 11) is 0. The van der Waals surface area contributed by atoms with E-state index in [9.17, 15) is 9.59 Å². The van der Waals surface area contributed by atoms with Crippen molar-refractivity contribution in [2.75, 3.05) is 5.32 Å². The van der Waals surface area contributed by atoms with Gasteiger partial charge in [-0.3, -0.25) is 4.79 Å². The SMILES string of the molecule is CCCCC(=O)Nc1cccc(-c2cc3ccccc3oc2=O)c1. The standard InChI is InChI=1S/C20H19NO3/c1-2-3-11-19(22)21-16-9-6-8-14(12-16)17-13-15-7-4-5-10-18(15)24-20(17)23/h4-10,12-13H,2-3,11H2,1H3,(H,21,22). The van der Waals surface area contributed by atoms with E-state index >= 15 is 0 Å². The van der Waals surface area contributed by atoms with E-state index in [1.807, 2.05) is 49.4 Å². The molecule has 24 heavy (non-hydrogen) atoms. The second-order valence-corrected chi connectivity index (χ2v) is 5.72. The summed E-state index contributed by atoms with van der Waals surface area (Å²) in [4.78, 5) is 24.1. The zero-order chi connectivity index (χ0) is 16.9. The second-order valence-electron chi connectivity index (χ2n) is 5.72. The molecule has 1 N–H and O–H groups in total. The molecule has 122 valence electrons. The van der Waals surface area contributed by atoms with Crippen molar-refractivity contribution in [2.45, 2.75) is 26.2 Å². The van der Waals surface area contributed by atoms with Gasteiger partial charge in [-0.1, -0.05) is 43.7 Å². The minimum atomic E-state index is -0.386. The van der Waals surface area contributed by atoms with Gasteiger partial charge in [0, 0.05) is 17.5 Å². The lowest BCUT2D eigenvalue weighted by molar-refractivity contribution is -0.116. The minimum Gasteiger partial charge on any atom is -0.422 e. The molecule has 3 aromatic rings. The smallest absolute Gasteiger partial charge is 0.344 e. The molecule has 0 saturated carbocycles. The highest BCUT2D eigenvalue weighted by Crippen LogP contribution is 2.23. The Morgan fingerprint density at radius 3 is 2.75 bits per heavy atom. The quantitative estimate of drug-likeness (QED) is 0.699. The molecular weight excluding hydrogens is 302 g/mol. The van der Waals surface area contributed by atoms with Gasteiger partial charge in [0.15, 0.2) is 0 Å². The van der Waals surface area contributed by atoms with E-state index in [-0.39, 0.29) is 11.5 Å². The van der Waals surface area contributed by atoms with Gasteiger partial charge in [-0.25, -0.2) is 4.79 Å². The first-order valence-corrected chi connectivity index (χ1v) is 8.10. The predicted octanol–water partition coefficient (Wildman–Crippen LogP) is 4.59. The molecule has 4 nitrogen and oxygen atoms in total. The molecule has 0 bridgehead atoms. The van der Waals surface area contributed by atoms with Crippen molar-refractivity contribution in [1.29, 1.82) is 0 Å². The average molecular weight is 321 g/mol. The second kappa shape index (κ2) is 7.13. The Morgan fingerprint density at radius 2 is 1.92 bits per heavy atom. The maximum absolute atomic E-state index is 12.3. The Kier molecular flexibility index (Phi) is 4.75. The van der Waals surface area contributed by atoms with E-state index < -0.39 is 0 Å². The Morgan fingerprint density at radius 1 is 1.08 bits per heavy atom. The third-order valence-electron chi connectivity index (χ3n) is 3.86. The van der Waals surface area contributed by atoms with Crippen LogP contribution in [0.2, 0.25) is 0 Å². The van der Waals surface area contributed by atoms with Crippen LogP contribution in [0.15, 0.2) is 63.8 Å². The zero-order valence-corrected chi connectivity index (χ0v) is 13.5. The summed E-state index contributed by atoms with van der Waals surface area (Å²) in [6, 6.07) is 16.5. The fraction of sp³-hybridized carbons (Fsp3) is 0.200. The topological polar surface area (TPSA) is 59.3 Å². The first kappa shape index (κ1) is 16.0. The lowest BCUT2D eigenvalue weighted by Gasteiger charge is -2.07. The summed E-state index contributed by atoms with van der Waals surface area (Å²) >= 11 is 0. The Balaban J connectivity index is 1.93. The predicted molar refractivity (Wildman–Crippen MR) is 96.1 cm³/mol. The summed E-state index contributed by atoms with van der Waals surface area (Å²) in [5, 5.41) is 3.74. The fourth-order valence-corrected chi connectivity index (χ4v) is 2.59. The molecule has 0 atom stereocenters. The average Bonchev–Trinajstić information content (AvgIpc) is 2.59.